The van der Waals surface area contributed by atoms with Crippen LogP contribution in [-0.4, -0.2) is 6.54 Å². The Morgan fingerprint density at radius 2 is 1.19 bits per heavy atom. The van der Waals surface area contributed by atoms with Crippen molar-refractivity contribution in [2.45, 2.75) is 18.3 Å². The Bertz CT molecular complexity index is 424. The standard InChI is InChI=1S/C10H8F5N/c11-5-4(10(3-16)1-2-10)6(12)8(14)9(15)7(5)13/h1-3,16H2. The van der Waals surface area contributed by atoms with Gasteiger partial charge in [-0.25, -0.2) is 22.0 Å². The van der Waals surface area contributed by atoms with Crippen LogP contribution in [0.5, 0.6) is 0 Å². The highest BCUT2D eigenvalue weighted by Gasteiger charge is 2.49. The zero-order chi connectivity index (χ0) is 12.1. The molecule has 1 nitrogen and oxygen atoms in total. The van der Waals surface area contributed by atoms with Crippen molar-refractivity contribution in [2.75, 3.05) is 6.54 Å². The molecule has 1 aliphatic rings. The minimum absolute atomic E-state index is 0.134. The monoisotopic (exact) mass is 237 g/mol. The van der Waals surface area contributed by atoms with Crippen LogP contribution in [0.2, 0.25) is 0 Å². The predicted molar refractivity (Wildman–Crippen MR) is 46.2 cm³/mol. The van der Waals surface area contributed by atoms with E-state index in [1.54, 1.807) is 0 Å². The van der Waals surface area contributed by atoms with Crippen LogP contribution in [0.3, 0.4) is 0 Å². The van der Waals surface area contributed by atoms with Gasteiger partial charge < -0.3 is 5.73 Å². The molecule has 1 aliphatic carbocycles. The lowest BCUT2D eigenvalue weighted by atomic mass is 9.94. The molecule has 0 saturated heterocycles. The molecule has 2 N–H and O–H groups in total. The molecule has 1 aromatic rings. The first kappa shape index (κ1) is 11.3. The summed E-state index contributed by atoms with van der Waals surface area (Å²) >= 11 is 0. The van der Waals surface area contributed by atoms with Crippen LogP contribution in [0.25, 0.3) is 0 Å². The molecule has 1 aromatic carbocycles. The van der Waals surface area contributed by atoms with Crippen molar-refractivity contribution in [1.82, 2.24) is 0 Å². The molecule has 1 saturated carbocycles. The summed E-state index contributed by atoms with van der Waals surface area (Å²) in [6.07, 6.45) is 0.670. The lowest BCUT2D eigenvalue weighted by Crippen LogP contribution is -2.24. The van der Waals surface area contributed by atoms with Crippen LogP contribution in [0.1, 0.15) is 18.4 Å². The van der Waals surface area contributed by atoms with Crippen molar-refractivity contribution in [3.8, 4) is 0 Å². The van der Waals surface area contributed by atoms with Crippen LogP contribution >= 0.6 is 0 Å². The molecule has 0 aliphatic heterocycles. The summed E-state index contributed by atoms with van der Waals surface area (Å²) in [6, 6.07) is 0. The van der Waals surface area contributed by atoms with Crippen molar-refractivity contribution in [1.29, 1.82) is 0 Å². The number of hydrogen-bond acceptors (Lipinski definition) is 1. The van der Waals surface area contributed by atoms with E-state index in [0.717, 1.165) is 0 Å². The fraction of sp³-hybridized carbons (Fsp3) is 0.400. The van der Waals surface area contributed by atoms with Gasteiger partial charge in [0.05, 0.1) is 0 Å². The minimum atomic E-state index is -2.13. The Kier molecular flexibility index (Phi) is 2.41. The molecule has 0 bridgehead atoms. The molecule has 0 radical (unpaired) electrons. The Balaban J connectivity index is 2.71. The minimum Gasteiger partial charge on any atom is -0.330 e. The number of halogens is 5. The smallest absolute Gasteiger partial charge is 0.200 e. The maximum atomic E-state index is 13.3. The quantitative estimate of drug-likeness (QED) is 0.477. The molecule has 6 heteroatoms. The van der Waals surface area contributed by atoms with Crippen molar-refractivity contribution in [3.63, 3.8) is 0 Å². The van der Waals surface area contributed by atoms with Gasteiger partial charge in [0, 0.05) is 17.5 Å². The van der Waals surface area contributed by atoms with E-state index in [0.29, 0.717) is 12.8 Å². The number of benzene rings is 1. The van der Waals surface area contributed by atoms with Crippen LogP contribution < -0.4 is 5.73 Å². The summed E-state index contributed by atoms with van der Waals surface area (Å²) in [6.45, 7) is -0.134. The topological polar surface area (TPSA) is 26.0 Å². The maximum Gasteiger partial charge on any atom is 0.200 e. The van der Waals surface area contributed by atoms with Crippen LogP contribution in [0, 0.1) is 29.1 Å². The van der Waals surface area contributed by atoms with E-state index in [4.69, 9.17) is 5.73 Å². The second-order valence-electron chi connectivity index (χ2n) is 3.93. The van der Waals surface area contributed by atoms with Gasteiger partial charge in [0.25, 0.3) is 0 Å². The van der Waals surface area contributed by atoms with Gasteiger partial charge in [-0.2, -0.15) is 0 Å². The first-order valence-electron chi connectivity index (χ1n) is 4.66. The van der Waals surface area contributed by atoms with Crippen LogP contribution in [0.15, 0.2) is 0 Å². The third-order valence-electron chi connectivity index (χ3n) is 2.98. The van der Waals surface area contributed by atoms with Gasteiger partial charge in [-0.1, -0.05) is 0 Å². The predicted octanol–water partition coefficient (Wildman–Crippen LogP) is 2.37. The van der Waals surface area contributed by atoms with E-state index < -0.39 is 40.1 Å². The fourth-order valence-electron chi connectivity index (χ4n) is 1.78. The zero-order valence-electron chi connectivity index (χ0n) is 8.09. The Labute approximate surface area is 88.1 Å². The Hall–Kier alpha value is -1.17. The van der Waals surface area contributed by atoms with E-state index in [2.05, 4.69) is 0 Å². The van der Waals surface area contributed by atoms with E-state index >= 15 is 0 Å². The molecule has 1 fully saturated rings. The molecular weight excluding hydrogens is 229 g/mol. The van der Waals surface area contributed by atoms with E-state index in [1.165, 1.54) is 0 Å². The summed E-state index contributed by atoms with van der Waals surface area (Å²) in [5, 5.41) is 0. The number of nitrogens with two attached hydrogens (primary N) is 1. The average Bonchev–Trinajstić information content (AvgIpc) is 3.05. The maximum absolute atomic E-state index is 13.3. The molecule has 0 atom stereocenters. The SMILES string of the molecule is NCC1(c2c(F)c(F)c(F)c(F)c2F)CC1. The van der Waals surface area contributed by atoms with Crippen LogP contribution in [0.4, 0.5) is 22.0 Å². The van der Waals surface area contributed by atoms with Gasteiger partial charge in [-0.15, -0.1) is 0 Å². The highest BCUT2D eigenvalue weighted by molar-refractivity contribution is 5.36. The van der Waals surface area contributed by atoms with Gasteiger partial charge in [0.15, 0.2) is 23.3 Å². The summed E-state index contributed by atoms with van der Waals surface area (Å²) in [5.74, 6) is -9.48. The first-order valence-corrected chi connectivity index (χ1v) is 4.66. The van der Waals surface area contributed by atoms with Crippen molar-refractivity contribution >= 4 is 0 Å². The molecule has 0 heterocycles. The average molecular weight is 237 g/mol. The number of rotatable bonds is 2. The molecule has 0 unspecified atom stereocenters. The lowest BCUT2D eigenvalue weighted by Gasteiger charge is -2.16. The third kappa shape index (κ3) is 1.32. The first-order chi connectivity index (χ1) is 7.44. The van der Waals surface area contributed by atoms with Crippen LogP contribution in [-0.2, 0) is 5.41 Å². The molecule has 88 valence electrons. The van der Waals surface area contributed by atoms with E-state index in [-0.39, 0.29) is 6.54 Å². The third-order valence-corrected chi connectivity index (χ3v) is 2.98. The van der Waals surface area contributed by atoms with Gasteiger partial charge >= 0.3 is 0 Å². The highest BCUT2D eigenvalue weighted by Crippen LogP contribution is 2.49. The van der Waals surface area contributed by atoms with E-state index in [1.807, 2.05) is 0 Å². The molecule has 0 amide bonds. The number of hydrogen-bond donors (Lipinski definition) is 1. The second-order valence-corrected chi connectivity index (χ2v) is 3.93. The van der Waals surface area contributed by atoms with Crippen molar-refractivity contribution in [3.05, 3.63) is 34.6 Å². The Morgan fingerprint density at radius 1 is 0.812 bits per heavy atom. The van der Waals surface area contributed by atoms with Gasteiger partial charge in [-0.3, -0.25) is 0 Å². The fourth-order valence-corrected chi connectivity index (χ4v) is 1.78. The second kappa shape index (κ2) is 3.41. The molecule has 0 spiro atoms. The molecule has 2 rings (SSSR count). The van der Waals surface area contributed by atoms with Crippen molar-refractivity contribution in [2.24, 2.45) is 5.73 Å². The van der Waals surface area contributed by atoms with Gasteiger partial charge in [-0.05, 0) is 12.8 Å². The zero-order valence-corrected chi connectivity index (χ0v) is 8.09. The van der Waals surface area contributed by atoms with E-state index in [9.17, 15) is 22.0 Å². The molecule has 0 aromatic heterocycles. The molecular formula is C10H8F5N. The van der Waals surface area contributed by atoms with Crippen molar-refractivity contribution < 1.29 is 22.0 Å². The lowest BCUT2D eigenvalue weighted by molar-refractivity contribution is 0.361. The summed E-state index contributed by atoms with van der Waals surface area (Å²) in [5.41, 5.74) is 3.45. The summed E-state index contributed by atoms with van der Waals surface area (Å²) < 4.78 is 65.2. The normalized spacial score (nSPS) is 17.6. The summed E-state index contributed by atoms with van der Waals surface area (Å²) in [4.78, 5) is 0. The highest BCUT2D eigenvalue weighted by atomic mass is 19.2. The van der Waals surface area contributed by atoms with Gasteiger partial charge in [0.2, 0.25) is 5.82 Å². The molecule has 16 heavy (non-hydrogen) atoms. The van der Waals surface area contributed by atoms with Gasteiger partial charge in [0.1, 0.15) is 0 Å². The Morgan fingerprint density at radius 3 is 1.50 bits per heavy atom. The summed E-state index contributed by atoms with van der Waals surface area (Å²) in [7, 11) is 0. The largest absolute Gasteiger partial charge is 0.330 e.